The first-order chi connectivity index (χ1) is 7.04. The molecule has 0 saturated heterocycles. The fourth-order valence-electron chi connectivity index (χ4n) is 0.944. The highest BCUT2D eigenvalue weighted by atomic mass is 35.5. The molecule has 5 heteroatoms. The Morgan fingerprint density at radius 2 is 2.27 bits per heavy atom. The van der Waals surface area contributed by atoms with E-state index in [1.807, 2.05) is 0 Å². The molecule has 1 rings (SSSR count). The van der Waals surface area contributed by atoms with E-state index in [1.165, 1.54) is 11.3 Å². The standard InChI is InChI=1S/C10H12Cl2OS2/c1-3-6(2)14-5-8(13)7-4-9(11)15-10(7)12/h4,6H,3,5H2,1-2H3. The van der Waals surface area contributed by atoms with Crippen molar-refractivity contribution in [3.05, 3.63) is 20.3 Å². The minimum Gasteiger partial charge on any atom is -0.293 e. The molecule has 0 saturated carbocycles. The van der Waals surface area contributed by atoms with E-state index in [2.05, 4.69) is 13.8 Å². The minimum absolute atomic E-state index is 0.0634. The van der Waals surface area contributed by atoms with Crippen molar-refractivity contribution in [1.82, 2.24) is 0 Å². The molecule has 0 fully saturated rings. The Labute approximate surface area is 108 Å². The van der Waals surface area contributed by atoms with Gasteiger partial charge in [0.2, 0.25) is 0 Å². The van der Waals surface area contributed by atoms with Crippen molar-refractivity contribution in [3.63, 3.8) is 0 Å². The van der Waals surface area contributed by atoms with Crippen LogP contribution >= 0.6 is 46.3 Å². The third-order valence-corrected chi connectivity index (χ3v) is 4.85. The summed E-state index contributed by atoms with van der Waals surface area (Å²) in [6.45, 7) is 4.22. The van der Waals surface area contributed by atoms with E-state index >= 15 is 0 Å². The molecule has 0 aromatic carbocycles. The monoisotopic (exact) mass is 282 g/mol. The van der Waals surface area contributed by atoms with Gasteiger partial charge in [0.25, 0.3) is 0 Å². The molecule has 1 aromatic heterocycles. The third-order valence-electron chi connectivity index (χ3n) is 2.03. The van der Waals surface area contributed by atoms with Crippen LogP contribution in [0.15, 0.2) is 6.07 Å². The van der Waals surface area contributed by atoms with Gasteiger partial charge in [-0.15, -0.1) is 11.3 Å². The topological polar surface area (TPSA) is 17.1 Å². The zero-order valence-corrected chi connectivity index (χ0v) is 11.7. The van der Waals surface area contributed by atoms with E-state index in [9.17, 15) is 4.79 Å². The summed E-state index contributed by atoms with van der Waals surface area (Å²) in [6, 6.07) is 1.65. The number of Topliss-reactive ketones (excluding diaryl/α,β-unsaturated/α-hetero) is 1. The van der Waals surface area contributed by atoms with Gasteiger partial charge in [-0.1, -0.05) is 37.0 Å². The van der Waals surface area contributed by atoms with Crippen molar-refractivity contribution in [2.75, 3.05) is 5.75 Å². The Morgan fingerprint density at radius 3 is 2.73 bits per heavy atom. The molecular formula is C10H12Cl2OS2. The molecule has 0 aliphatic heterocycles. The van der Waals surface area contributed by atoms with Gasteiger partial charge in [-0.05, 0) is 12.5 Å². The van der Waals surface area contributed by atoms with Crippen LogP contribution in [0.1, 0.15) is 30.6 Å². The molecule has 0 radical (unpaired) electrons. The normalized spacial score (nSPS) is 12.8. The van der Waals surface area contributed by atoms with Crippen molar-refractivity contribution < 1.29 is 4.79 Å². The van der Waals surface area contributed by atoms with Gasteiger partial charge in [0.05, 0.1) is 10.1 Å². The number of ketones is 1. The van der Waals surface area contributed by atoms with Gasteiger partial charge in [-0.25, -0.2) is 0 Å². The summed E-state index contributed by atoms with van der Waals surface area (Å²) in [4.78, 5) is 11.7. The van der Waals surface area contributed by atoms with Crippen LogP contribution in [0.4, 0.5) is 0 Å². The van der Waals surface area contributed by atoms with Gasteiger partial charge in [0.1, 0.15) is 4.34 Å². The number of thiophene rings is 1. The molecule has 0 aliphatic rings. The number of carbonyl (C=O) groups excluding carboxylic acids is 1. The van der Waals surface area contributed by atoms with E-state index in [0.29, 0.717) is 25.2 Å². The minimum atomic E-state index is 0.0634. The van der Waals surface area contributed by atoms with Gasteiger partial charge in [-0.3, -0.25) is 4.79 Å². The summed E-state index contributed by atoms with van der Waals surface area (Å²) in [5.41, 5.74) is 0.558. The molecule has 1 nitrogen and oxygen atoms in total. The first-order valence-corrected chi connectivity index (χ1v) is 7.26. The molecule has 1 atom stereocenters. The average molecular weight is 283 g/mol. The third kappa shape index (κ3) is 3.99. The summed E-state index contributed by atoms with van der Waals surface area (Å²) in [5, 5.41) is 0.502. The summed E-state index contributed by atoms with van der Waals surface area (Å²) >= 11 is 14.6. The zero-order chi connectivity index (χ0) is 11.4. The molecule has 15 heavy (non-hydrogen) atoms. The number of thioether (sulfide) groups is 1. The quantitative estimate of drug-likeness (QED) is 0.724. The van der Waals surface area contributed by atoms with Crippen molar-refractivity contribution in [3.8, 4) is 0 Å². The highest BCUT2D eigenvalue weighted by Gasteiger charge is 2.14. The van der Waals surface area contributed by atoms with E-state index in [4.69, 9.17) is 23.2 Å². The Morgan fingerprint density at radius 1 is 1.60 bits per heavy atom. The highest BCUT2D eigenvalue weighted by Crippen LogP contribution is 2.32. The predicted octanol–water partition coefficient (Wildman–Crippen LogP) is 4.77. The van der Waals surface area contributed by atoms with Crippen LogP contribution in [0.25, 0.3) is 0 Å². The van der Waals surface area contributed by atoms with Crippen molar-refractivity contribution in [2.24, 2.45) is 0 Å². The van der Waals surface area contributed by atoms with Crippen LogP contribution in [0, 0.1) is 0 Å². The number of carbonyl (C=O) groups is 1. The molecule has 0 aliphatic carbocycles. The van der Waals surface area contributed by atoms with Gasteiger partial charge in [-0.2, -0.15) is 11.8 Å². The lowest BCUT2D eigenvalue weighted by Gasteiger charge is -2.06. The van der Waals surface area contributed by atoms with E-state index in [1.54, 1.807) is 17.8 Å². The molecule has 0 N–H and O–H groups in total. The molecular weight excluding hydrogens is 271 g/mol. The number of hydrogen-bond acceptors (Lipinski definition) is 3. The van der Waals surface area contributed by atoms with Gasteiger partial charge < -0.3 is 0 Å². The van der Waals surface area contributed by atoms with Gasteiger partial charge in [0, 0.05) is 10.8 Å². The van der Waals surface area contributed by atoms with Crippen LogP contribution < -0.4 is 0 Å². The first kappa shape index (κ1) is 13.4. The molecule has 84 valence electrons. The molecule has 1 aromatic rings. The smallest absolute Gasteiger partial charge is 0.175 e. The summed E-state index contributed by atoms with van der Waals surface area (Å²) in [6.07, 6.45) is 1.07. The maximum absolute atomic E-state index is 11.7. The van der Waals surface area contributed by atoms with E-state index < -0.39 is 0 Å². The lowest BCUT2D eigenvalue weighted by Crippen LogP contribution is -2.05. The number of hydrogen-bond donors (Lipinski definition) is 0. The van der Waals surface area contributed by atoms with Crippen molar-refractivity contribution >= 4 is 52.1 Å². The maximum Gasteiger partial charge on any atom is 0.175 e. The SMILES string of the molecule is CCC(C)SCC(=O)c1cc(Cl)sc1Cl. The Bertz CT molecular complexity index is 349. The maximum atomic E-state index is 11.7. The highest BCUT2D eigenvalue weighted by molar-refractivity contribution is 8.00. The second kappa shape index (κ2) is 6.14. The molecule has 0 spiro atoms. The van der Waals surface area contributed by atoms with E-state index in [-0.39, 0.29) is 5.78 Å². The fraction of sp³-hybridized carbons (Fsp3) is 0.500. The van der Waals surface area contributed by atoms with Gasteiger partial charge >= 0.3 is 0 Å². The van der Waals surface area contributed by atoms with Crippen LogP contribution in [0.2, 0.25) is 8.67 Å². The van der Waals surface area contributed by atoms with Crippen molar-refractivity contribution in [2.45, 2.75) is 25.5 Å². The van der Waals surface area contributed by atoms with Crippen LogP contribution in [0.5, 0.6) is 0 Å². The Kier molecular flexibility index (Phi) is 5.47. The first-order valence-electron chi connectivity index (χ1n) is 4.64. The van der Waals surface area contributed by atoms with Crippen LogP contribution in [-0.4, -0.2) is 16.8 Å². The Balaban J connectivity index is 2.58. The molecule has 0 bridgehead atoms. The molecule has 0 amide bonds. The lowest BCUT2D eigenvalue weighted by atomic mass is 10.2. The van der Waals surface area contributed by atoms with Gasteiger partial charge in [0.15, 0.2) is 5.78 Å². The molecule has 1 unspecified atom stereocenters. The van der Waals surface area contributed by atoms with Crippen LogP contribution in [0.3, 0.4) is 0 Å². The second-order valence-corrected chi connectivity index (χ2v) is 6.90. The van der Waals surface area contributed by atoms with E-state index in [0.717, 1.165) is 6.42 Å². The fourth-order valence-corrected chi connectivity index (χ4v) is 3.27. The average Bonchev–Trinajstić information content (AvgIpc) is 2.53. The Hall–Kier alpha value is 0.300. The lowest BCUT2D eigenvalue weighted by molar-refractivity contribution is 0.102. The predicted molar refractivity (Wildman–Crippen MR) is 70.9 cm³/mol. The second-order valence-electron chi connectivity index (χ2n) is 3.19. The number of halogens is 2. The zero-order valence-electron chi connectivity index (χ0n) is 8.55. The summed E-state index contributed by atoms with van der Waals surface area (Å²) in [7, 11) is 0. The van der Waals surface area contributed by atoms with Crippen LogP contribution in [-0.2, 0) is 0 Å². The molecule has 1 heterocycles. The largest absolute Gasteiger partial charge is 0.293 e. The summed E-state index contributed by atoms with van der Waals surface area (Å²) in [5.74, 6) is 0.537. The number of rotatable bonds is 5. The summed E-state index contributed by atoms with van der Waals surface area (Å²) < 4.78 is 1.06. The van der Waals surface area contributed by atoms with Crippen molar-refractivity contribution in [1.29, 1.82) is 0 Å².